The lowest BCUT2D eigenvalue weighted by Crippen LogP contribution is -3.00. The van der Waals surface area contributed by atoms with E-state index in [2.05, 4.69) is 132 Å². The smallest absolute Gasteiger partial charge is 0.213 e. The third-order valence-electron chi connectivity index (χ3n) is 6.66. The van der Waals surface area contributed by atoms with E-state index < -0.39 is 0 Å². The third-order valence-corrected chi connectivity index (χ3v) is 6.66. The van der Waals surface area contributed by atoms with E-state index in [0.717, 1.165) is 18.6 Å². The minimum atomic E-state index is 0. The minimum Gasteiger partial charge on any atom is -1.00 e. The van der Waals surface area contributed by atoms with Gasteiger partial charge in [-0.05, 0) is 55.3 Å². The number of benzene rings is 3. The number of aryl methyl sites for hydroxylation is 1. The van der Waals surface area contributed by atoms with Crippen LogP contribution in [0.15, 0.2) is 128 Å². The van der Waals surface area contributed by atoms with Crippen LogP contribution in [0.1, 0.15) is 25.0 Å². The van der Waals surface area contributed by atoms with Gasteiger partial charge in [-0.3, -0.25) is 4.98 Å². The number of nitrogens with zero attached hydrogens (tertiary/aromatic N) is 3. The molecular weight excluding hydrogens is 577 g/mol. The summed E-state index contributed by atoms with van der Waals surface area (Å²) >= 11 is 0. The molecule has 190 valence electrons. The van der Waals surface area contributed by atoms with Crippen molar-refractivity contribution in [3.05, 3.63) is 139 Å². The summed E-state index contributed by atoms with van der Waals surface area (Å²) in [6.07, 6.45) is 14.9. The lowest BCUT2D eigenvalue weighted by molar-refractivity contribution is -0.667. The van der Waals surface area contributed by atoms with Crippen molar-refractivity contribution in [2.75, 3.05) is 11.4 Å². The number of hydrogen-bond donors (Lipinski definition) is 0. The Morgan fingerprint density at radius 3 is 2.45 bits per heavy atom. The van der Waals surface area contributed by atoms with Crippen LogP contribution in [0, 0.1) is 0 Å². The third kappa shape index (κ3) is 6.03. The van der Waals surface area contributed by atoms with Gasteiger partial charge >= 0.3 is 0 Å². The molecule has 0 aliphatic carbocycles. The fourth-order valence-corrected chi connectivity index (χ4v) is 4.73. The van der Waals surface area contributed by atoms with E-state index in [1.807, 2.05) is 30.5 Å². The van der Waals surface area contributed by atoms with Crippen molar-refractivity contribution < 1.29 is 28.5 Å². The zero-order chi connectivity index (χ0) is 25.5. The highest BCUT2D eigenvalue weighted by atomic mass is 127. The van der Waals surface area contributed by atoms with Crippen molar-refractivity contribution in [1.29, 1.82) is 0 Å². The van der Waals surface area contributed by atoms with Crippen LogP contribution in [-0.4, -0.2) is 11.5 Å². The second kappa shape index (κ2) is 13.2. The fraction of sp³-hybridized carbons (Fsp3) is 0.118. The predicted octanol–water partition coefficient (Wildman–Crippen LogP) is 4.84. The van der Waals surface area contributed by atoms with Crippen LogP contribution in [0.4, 0.5) is 5.69 Å². The van der Waals surface area contributed by atoms with Crippen LogP contribution in [0.3, 0.4) is 0 Å². The van der Waals surface area contributed by atoms with E-state index in [4.69, 9.17) is 0 Å². The van der Waals surface area contributed by atoms with Gasteiger partial charge in [-0.2, -0.15) is 4.57 Å². The van der Waals surface area contributed by atoms with Crippen molar-refractivity contribution in [2.45, 2.75) is 20.4 Å². The molecule has 0 amide bonds. The maximum absolute atomic E-state index is 4.18. The summed E-state index contributed by atoms with van der Waals surface area (Å²) in [5.41, 5.74) is 7.39. The summed E-state index contributed by atoms with van der Waals surface area (Å²) in [6, 6.07) is 31.5. The highest BCUT2D eigenvalue weighted by Crippen LogP contribution is 2.32. The Morgan fingerprint density at radius 2 is 1.61 bits per heavy atom. The first-order valence-corrected chi connectivity index (χ1v) is 12.9. The molecule has 3 heterocycles. The van der Waals surface area contributed by atoms with Crippen molar-refractivity contribution in [1.82, 2.24) is 4.98 Å². The lowest BCUT2D eigenvalue weighted by atomic mass is 9.99. The molecule has 4 heteroatoms. The Kier molecular flexibility index (Phi) is 9.44. The molecule has 0 bridgehead atoms. The number of pyridine rings is 2. The molecule has 0 spiro atoms. The second-order valence-electron chi connectivity index (χ2n) is 8.87. The monoisotopic (exact) mass is 609 g/mol. The summed E-state index contributed by atoms with van der Waals surface area (Å²) in [7, 11) is 0. The number of aromatic nitrogens is 2. The van der Waals surface area contributed by atoms with Crippen LogP contribution in [0.5, 0.6) is 0 Å². The molecule has 5 aromatic rings. The molecule has 6 rings (SSSR count). The average molecular weight is 610 g/mol. The van der Waals surface area contributed by atoms with E-state index in [0.29, 0.717) is 0 Å². The molecule has 38 heavy (non-hydrogen) atoms. The molecule has 0 atom stereocenters. The molecule has 0 saturated carbocycles. The highest BCUT2D eigenvalue weighted by Gasteiger charge is 2.13. The zero-order valence-electron chi connectivity index (χ0n) is 21.8. The van der Waals surface area contributed by atoms with Gasteiger partial charge in [-0.25, -0.2) is 0 Å². The van der Waals surface area contributed by atoms with Crippen LogP contribution >= 0.6 is 0 Å². The molecule has 0 unspecified atom stereocenters. The van der Waals surface area contributed by atoms with Crippen molar-refractivity contribution in [3.63, 3.8) is 0 Å². The number of allylic oxidation sites excluding steroid dienone is 4. The largest absolute Gasteiger partial charge is 1.00 e. The Hall–Kier alpha value is -3.77. The molecular formula is C34H32IN3. The Bertz CT molecular complexity index is 1550. The fourth-order valence-electron chi connectivity index (χ4n) is 4.73. The summed E-state index contributed by atoms with van der Waals surface area (Å²) in [5.74, 6) is 0. The first-order valence-electron chi connectivity index (χ1n) is 12.9. The molecule has 3 nitrogen and oxygen atoms in total. The molecule has 0 radical (unpaired) electrons. The standard InChI is InChI=1S/C25H25N2.C9H7N.HI/c1-3-26-18-16-20(22-12-5-7-14-24(22)26)10-9-11-21-17-19-27(4-2)25-15-8-6-13-23(21)25;1-2-6-9-8(4-1)5-3-7-10-9;/h5-19H,3-4H2,1-2H3;1-7H;1H/q+1;;/p-1. The Labute approximate surface area is 242 Å². The van der Waals surface area contributed by atoms with Gasteiger partial charge in [0, 0.05) is 47.7 Å². The van der Waals surface area contributed by atoms with Gasteiger partial charge in [0.2, 0.25) is 5.52 Å². The van der Waals surface area contributed by atoms with Gasteiger partial charge in [0.15, 0.2) is 6.20 Å². The Balaban J connectivity index is 0.000000256. The summed E-state index contributed by atoms with van der Waals surface area (Å²) < 4.78 is 2.28. The maximum atomic E-state index is 4.18. The number of fused-ring (bicyclic) bond motifs is 3. The summed E-state index contributed by atoms with van der Waals surface area (Å²) in [4.78, 5) is 6.46. The first-order chi connectivity index (χ1) is 18.3. The molecule has 0 saturated heterocycles. The minimum absolute atomic E-state index is 0. The van der Waals surface area contributed by atoms with E-state index >= 15 is 0 Å². The van der Waals surface area contributed by atoms with Crippen molar-refractivity contribution in [2.24, 2.45) is 0 Å². The SMILES string of the molecule is CCN1C=C/C(=C\C=C\c2cc[n+](CC)c3ccccc23)c2ccccc21.[I-].c1ccc2ncccc2c1. The van der Waals surface area contributed by atoms with E-state index in [9.17, 15) is 0 Å². The van der Waals surface area contributed by atoms with E-state index in [-0.39, 0.29) is 24.0 Å². The molecule has 1 aliphatic rings. The van der Waals surface area contributed by atoms with E-state index in [1.54, 1.807) is 0 Å². The molecule has 2 aromatic heterocycles. The number of anilines is 1. The first kappa shape index (κ1) is 27.3. The second-order valence-corrected chi connectivity index (χ2v) is 8.87. The van der Waals surface area contributed by atoms with Gasteiger partial charge in [0.25, 0.3) is 0 Å². The normalized spacial score (nSPS) is 13.3. The number of para-hydroxylation sites is 3. The van der Waals surface area contributed by atoms with Crippen LogP contribution in [-0.2, 0) is 6.54 Å². The Morgan fingerprint density at radius 1 is 0.842 bits per heavy atom. The highest BCUT2D eigenvalue weighted by molar-refractivity contribution is 5.89. The van der Waals surface area contributed by atoms with Crippen molar-refractivity contribution >= 4 is 39.1 Å². The summed E-state index contributed by atoms with van der Waals surface area (Å²) in [6.45, 7) is 6.31. The number of halogens is 1. The molecule has 0 fully saturated rings. The topological polar surface area (TPSA) is 20.0 Å². The molecule has 1 aliphatic heterocycles. The van der Waals surface area contributed by atoms with Gasteiger partial charge in [-0.1, -0.05) is 72.8 Å². The molecule has 3 aromatic carbocycles. The van der Waals surface area contributed by atoms with Gasteiger partial charge in [-0.15, -0.1) is 0 Å². The quantitative estimate of drug-likeness (QED) is 0.215. The lowest BCUT2D eigenvalue weighted by Gasteiger charge is -2.26. The average Bonchev–Trinajstić information content (AvgIpc) is 2.97. The van der Waals surface area contributed by atoms with Crippen LogP contribution < -0.4 is 33.4 Å². The van der Waals surface area contributed by atoms with E-state index in [1.165, 1.54) is 38.7 Å². The van der Waals surface area contributed by atoms with Crippen LogP contribution in [0.2, 0.25) is 0 Å². The van der Waals surface area contributed by atoms with Gasteiger partial charge < -0.3 is 28.9 Å². The zero-order valence-corrected chi connectivity index (χ0v) is 24.0. The summed E-state index contributed by atoms with van der Waals surface area (Å²) in [5, 5.41) is 2.48. The predicted molar refractivity (Wildman–Crippen MR) is 157 cm³/mol. The molecule has 0 N–H and O–H groups in total. The van der Waals surface area contributed by atoms with Crippen LogP contribution in [0.25, 0.3) is 33.5 Å². The number of hydrogen-bond acceptors (Lipinski definition) is 2. The van der Waals surface area contributed by atoms with Crippen molar-refractivity contribution in [3.8, 4) is 0 Å². The maximum Gasteiger partial charge on any atom is 0.213 e. The van der Waals surface area contributed by atoms with Gasteiger partial charge in [0.1, 0.15) is 6.54 Å². The van der Waals surface area contributed by atoms with Gasteiger partial charge in [0.05, 0.1) is 10.9 Å². The number of rotatable bonds is 4.